The number of hydrogen-bond acceptors (Lipinski definition) is 6. The molecule has 0 saturated carbocycles. The van der Waals surface area contributed by atoms with Gasteiger partial charge in [-0.05, 0) is 24.5 Å². The molecule has 0 saturated heterocycles. The number of carbonyl (C=O) groups is 4. The molecule has 2 amide bonds. The summed E-state index contributed by atoms with van der Waals surface area (Å²) in [7, 11) is 0. The van der Waals surface area contributed by atoms with Gasteiger partial charge in [0, 0.05) is 30.1 Å². The molecule has 0 aliphatic carbocycles. The second kappa shape index (κ2) is 12.2. The van der Waals surface area contributed by atoms with Crippen LogP contribution < -0.4 is 27.8 Å². The van der Waals surface area contributed by atoms with Crippen LogP contribution in [0.5, 0.6) is 0 Å². The first-order chi connectivity index (χ1) is 16.1. The van der Waals surface area contributed by atoms with E-state index in [4.69, 9.17) is 22.3 Å². The van der Waals surface area contributed by atoms with Crippen molar-refractivity contribution in [3.05, 3.63) is 36.0 Å². The Morgan fingerprint density at radius 3 is 2.35 bits per heavy atom. The number of hydrogen-bond donors (Lipinski definition) is 8. The highest BCUT2D eigenvalue weighted by Crippen LogP contribution is 2.19. The average molecular weight is 476 g/mol. The number of carboxylic acids is 2. The number of rotatable bonds is 13. The van der Waals surface area contributed by atoms with Crippen LogP contribution in [-0.2, 0) is 25.6 Å². The fourth-order valence-electron chi connectivity index (χ4n) is 3.31. The molecule has 11 N–H and O–H groups in total. The predicted molar refractivity (Wildman–Crippen MR) is 124 cm³/mol. The van der Waals surface area contributed by atoms with Crippen LogP contribution in [0, 0.1) is 0 Å². The standard InChI is InChI=1S/C21H29N7O6/c22-13(5-3-7-25-21(23)24)18(31)27-15(9-17(29)30)19(32)28-16(20(33)34)8-11-10-26-14-6-2-1-4-12(11)14/h1-2,4,6,10,13,15-16,26H,3,5,7-9,22H2,(H,27,31)(H,28,32)(H,29,30)(H,33,34)(H4,23,24,25)/t13-,15-,16-/m0/s1. The lowest BCUT2D eigenvalue weighted by atomic mass is 10.0. The Hall–Kier alpha value is -4.13. The molecule has 0 aliphatic rings. The van der Waals surface area contributed by atoms with Crippen LogP contribution in [0.25, 0.3) is 10.9 Å². The van der Waals surface area contributed by atoms with Crippen molar-refractivity contribution in [1.82, 2.24) is 15.6 Å². The van der Waals surface area contributed by atoms with Crippen molar-refractivity contribution >= 4 is 40.6 Å². The number of carboxylic acid groups (broad SMARTS) is 2. The third kappa shape index (κ3) is 7.78. The Bertz CT molecular complexity index is 1060. The molecule has 3 atom stereocenters. The zero-order valence-electron chi connectivity index (χ0n) is 18.4. The molecule has 1 aromatic heterocycles. The molecule has 184 valence electrons. The second-order valence-corrected chi connectivity index (χ2v) is 7.68. The number of aromatic nitrogens is 1. The highest BCUT2D eigenvalue weighted by molar-refractivity contribution is 5.94. The van der Waals surface area contributed by atoms with E-state index in [9.17, 15) is 24.3 Å². The van der Waals surface area contributed by atoms with Gasteiger partial charge in [0.05, 0.1) is 12.5 Å². The summed E-state index contributed by atoms with van der Waals surface area (Å²) in [5.74, 6) is -4.47. The van der Waals surface area contributed by atoms with Gasteiger partial charge in [0.25, 0.3) is 0 Å². The van der Waals surface area contributed by atoms with Gasteiger partial charge in [-0.3, -0.25) is 19.4 Å². The van der Waals surface area contributed by atoms with Crippen molar-refractivity contribution in [2.24, 2.45) is 22.2 Å². The SMILES string of the molecule is NC(N)=NCCC[C@H](N)C(=O)N[C@@H](CC(=O)O)C(=O)N[C@@H](Cc1c[nH]c2ccccc12)C(=O)O. The first-order valence-electron chi connectivity index (χ1n) is 10.5. The number of benzene rings is 1. The molecule has 0 bridgehead atoms. The minimum Gasteiger partial charge on any atom is -0.481 e. The van der Waals surface area contributed by atoms with Crippen LogP contribution in [0.3, 0.4) is 0 Å². The van der Waals surface area contributed by atoms with Crippen molar-refractivity contribution in [3.8, 4) is 0 Å². The van der Waals surface area contributed by atoms with Crippen molar-refractivity contribution in [2.45, 2.75) is 43.8 Å². The number of para-hydroxylation sites is 1. The van der Waals surface area contributed by atoms with E-state index in [0.29, 0.717) is 12.0 Å². The summed E-state index contributed by atoms with van der Waals surface area (Å²) in [6.45, 7) is 0.247. The Morgan fingerprint density at radius 2 is 1.71 bits per heavy atom. The van der Waals surface area contributed by atoms with Crippen molar-refractivity contribution in [1.29, 1.82) is 0 Å². The van der Waals surface area contributed by atoms with Crippen LogP contribution in [0.15, 0.2) is 35.5 Å². The Kier molecular flexibility index (Phi) is 9.38. The Balaban J connectivity index is 2.05. The molecule has 2 aromatic rings. The van der Waals surface area contributed by atoms with Gasteiger partial charge in [-0.15, -0.1) is 0 Å². The summed E-state index contributed by atoms with van der Waals surface area (Å²) in [6, 6.07) is 3.35. The average Bonchev–Trinajstić information content (AvgIpc) is 3.17. The summed E-state index contributed by atoms with van der Waals surface area (Å²) in [5, 5.41) is 24.2. The number of aliphatic imine (C=N–C) groups is 1. The van der Waals surface area contributed by atoms with Crippen LogP contribution in [0.4, 0.5) is 0 Å². The van der Waals surface area contributed by atoms with Gasteiger partial charge < -0.3 is 43.0 Å². The van der Waals surface area contributed by atoms with E-state index in [1.165, 1.54) is 0 Å². The van der Waals surface area contributed by atoms with Gasteiger partial charge >= 0.3 is 11.9 Å². The molecule has 0 fully saturated rings. The van der Waals surface area contributed by atoms with Crippen molar-refractivity contribution in [2.75, 3.05) is 6.54 Å². The first-order valence-corrected chi connectivity index (χ1v) is 10.5. The number of aliphatic carboxylic acids is 2. The number of nitrogens with zero attached hydrogens (tertiary/aromatic N) is 1. The van der Waals surface area contributed by atoms with Crippen LogP contribution in [-0.4, -0.2) is 69.6 Å². The maximum atomic E-state index is 12.7. The summed E-state index contributed by atoms with van der Waals surface area (Å²) in [4.78, 5) is 54.9. The lowest BCUT2D eigenvalue weighted by molar-refractivity contribution is -0.143. The molecule has 13 nitrogen and oxygen atoms in total. The minimum absolute atomic E-state index is 0.0525. The van der Waals surface area contributed by atoms with Crippen LogP contribution in [0.1, 0.15) is 24.8 Å². The van der Waals surface area contributed by atoms with E-state index in [2.05, 4.69) is 20.6 Å². The minimum atomic E-state index is -1.52. The van der Waals surface area contributed by atoms with Crippen LogP contribution in [0.2, 0.25) is 0 Å². The maximum absolute atomic E-state index is 12.7. The molecule has 1 aromatic carbocycles. The van der Waals surface area contributed by atoms with E-state index >= 15 is 0 Å². The zero-order valence-corrected chi connectivity index (χ0v) is 18.4. The first kappa shape index (κ1) is 26.1. The summed E-state index contributed by atoms with van der Waals surface area (Å²) < 4.78 is 0. The number of amides is 2. The van der Waals surface area contributed by atoms with E-state index in [1.54, 1.807) is 12.3 Å². The molecule has 0 radical (unpaired) electrons. The number of H-pyrrole nitrogens is 1. The zero-order chi connectivity index (χ0) is 25.3. The topological polar surface area (TPSA) is 239 Å². The van der Waals surface area contributed by atoms with E-state index < -0.39 is 48.3 Å². The number of aromatic amines is 1. The van der Waals surface area contributed by atoms with Crippen molar-refractivity contribution < 1.29 is 29.4 Å². The monoisotopic (exact) mass is 475 g/mol. The molecule has 0 unspecified atom stereocenters. The second-order valence-electron chi connectivity index (χ2n) is 7.68. The number of carbonyl (C=O) groups excluding carboxylic acids is 2. The van der Waals surface area contributed by atoms with Gasteiger partial charge in [-0.25, -0.2) is 4.79 Å². The number of nitrogens with two attached hydrogens (primary N) is 3. The summed E-state index contributed by atoms with van der Waals surface area (Å²) in [6.07, 6.45) is 1.40. The summed E-state index contributed by atoms with van der Waals surface area (Å²) in [5.41, 5.74) is 17.7. The van der Waals surface area contributed by atoms with Gasteiger partial charge in [-0.1, -0.05) is 18.2 Å². The Morgan fingerprint density at radius 1 is 1.03 bits per heavy atom. The molecule has 34 heavy (non-hydrogen) atoms. The van der Waals surface area contributed by atoms with E-state index in [1.807, 2.05) is 18.2 Å². The fraction of sp³-hybridized carbons (Fsp3) is 0.381. The fourth-order valence-corrected chi connectivity index (χ4v) is 3.31. The van der Waals surface area contributed by atoms with Gasteiger partial charge in [-0.2, -0.15) is 0 Å². The van der Waals surface area contributed by atoms with E-state index in [0.717, 1.165) is 10.9 Å². The smallest absolute Gasteiger partial charge is 0.326 e. The maximum Gasteiger partial charge on any atom is 0.326 e. The van der Waals surface area contributed by atoms with Gasteiger partial charge in [0.2, 0.25) is 11.8 Å². The normalized spacial score (nSPS) is 13.4. The van der Waals surface area contributed by atoms with Gasteiger partial charge in [0.15, 0.2) is 5.96 Å². The quantitative estimate of drug-likeness (QED) is 0.0965. The predicted octanol–water partition coefficient (Wildman–Crippen LogP) is -1.38. The number of guanidine groups is 1. The molecule has 1 heterocycles. The highest BCUT2D eigenvalue weighted by atomic mass is 16.4. The third-order valence-electron chi connectivity index (χ3n) is 5.03. The molecule has 0 aliphatic heterocycles. The van der Waals surface area contributed by atoms with Gasteiger partial charge in [0.1, 0.15) is 12.1 Å². The molecule has 2 rings (SSSR count). The molecule has 0 spiro atoms. The largest absolute Gasteiger partial charge is 0.481 e. The molecule has 13 heteroatoms. The lowest BCUT2D eigenvalue weighted by Gasteiger charge is -2.22. The highest BCUT2D eigenvalue weighted by Gasteiger charge is 2.30. The molecular formula is C21H29N7O6. The van der Waals surface area contributed by atoms with Crippen LogP contribution >= 0.6 is 0 Å². The lowest BCUT2D eigenvalue weighted by Crippen LogP contribution is -2.55. The molecular weight excluding hydrogens is 446 g/mol. The van der Waals surface area contributed by atoms with E-state index in [-0.39, 0.29) is 25.3 Å². The summed E-state index contributed by atoms with van der Waals surface area (Å²) >= 11 is 0. The van der Waals surface area contributed by atoms with Crippen molar-refractivity contribution in [3.63, 3.8) is 0 Å². The number of nitrogens with one attached hydrogen (secondary N) is 3. The number of fused-ring (bicyclic) bond motifs is 1. The third-order valence-corrected chi connectivity index (χ3v) is 5.03. The Labute approximate surface area is 194 Å².